The number of sulfonamides is 1. The molecule has 4 aliphatic rings. The van der Waals surface area contributed by atoms with Gasteiger partial charge in [-0.1, -0.05) is 51.0 Å². The number of allylic oxidation sites excluding steroid dienone is 1. The minimum absolute atomic E-state index is 0.0984. The summed E-state index contributed by atoms with van der Waals surface area (Å²) in [5.41, 5.74) is 3.49. The summed E-state index contributed by atoms with van der Waals surface area (Å²) < 4.78 is 40.5. The van der Waals surface area contributed by atoms with Crippen LogP contribution < -0.4 is 24.8 Å². The first kappa shape index (κ1) is 42.7. The van der Waals surface area contributed by atoms with Gasteiger partial charge in [-0.2, -0.15) is 0 Å². The van der Waals surface area contributed by atoms with Gasteiger partial charge in [-0.05, 0) is 95.0 Å². The third-order valence-corrected chi connectivity index (χ3v) is 15.9. The van der Waals surface area contributed by atoms with Crippen molar-refractivity contribution in [2.45, 2.75) is 127 Å². The minimum atomic E-state index is -3.98. The van der Waals surface area contributed by atoms with Crippen molar-refractivity contribution in [3.8, 4) is 22.2 Å². The Morgan fingerprint density at radius 2 is 1.85 bits per heavy atom. The van der Waals surface area contributed by atoms with E-state index in [0.29, 0.717) is 42.0 Å². The van der Waals surface area contributed by atoms with Gasteiger partial charge in [0.05, 0.1) is 29.6 Å². The summed E-state index contributed by atoms with van der Waals surface area (Å²) in [6.07, 6.45) is 8.45. The lowest BCUT2D eigenvalue weighted by Crippen LogP contribution is -2.58. The van der Waals surface area contributed by atoms with E-state index in [9.17, 15) is 22.8 Å². The first-order valence-electron chi connectivity index (χ1n) is 21.4. The molecule has 0 radical (unpaired) electrons. The van der Waals surface area contributed by atoms with E-state index >= 15 is 0 Å². The highest BCUT2D eigenvalue weighted by atomic mass is 32.2. The number of nitrogens with one attached hydrogen (secondary N) is 3. The van der Waals surface area contributed by atoms with E-state index in [1.807, 2.05) is 73.8 Å². The van der Waals surface area contributed by atoms with Crippen molar-refractivity contribution >= 4 is 55.7 Å². The molecule has 4 aromatic rings. The van der Waals surface area contributed by atoms with Crippen LogP contribution in [0.15, 0.2) is 60.0 Å². The fourth-order valence-electron chi connectivity index (χ4n) is 8.54. The van der Waals surface area contributed by atoms with Gasteiger partial charge in [-0.3, -0.25) is 19.1 Å². The van der Waals surface area contributed by atoms with Crippen molar-refractivity contribution < 1.29 is 32.3 Å². The Morgan fingerprint density at radius 1 is 1.05 bits per heavy atom. The Hall–Kier alpha value is -5.02. The highest BCUT2D eigenvalue weighted by Crippen LogP contribution is 2.48. The van der Waals surface area contributed by atoms with Crippen LogP contribution in [0.3, 0.4) is 0 Å². The molecule has 15 heteroatoms. The van der Waals surface area contributed by atoms with Gasteiger partial charge in [0.1, 0.15) is 45.9 Å². The average Bonchev–Trinajstić information content (AvgIpc) is 3.99. The Balaban J connectivity index is 1.15. The number of benzene rings is 2. The summed E-state index contributed by atoms with van der Waals surface area (Å²) >= 11 is 1.51. The largest absolute Gasteiger partial charge is 0.496 e. The quantitative estimate of drug-likeness (QED) is 0.137. The molecule has 4 heterocycles. The second-order valence-electron chi connectivity index (χ2n) is 17.8. The Kier molecular flexibility index (Phi) is 11.7. The van der Waals surface area contributed by atoms with E-state index in [0.717, 1.165) is 58.6 Å². The molecule has 2 aliphatic carbocycles. The first-order valence-corrected chi connectivity index (χ1v) is 23.8. The molecule has 0 spiro atoms. The fourth-order valence-corrected chi connectivity index (χ4v) is 10.8. The summed E-state index contributed by atoms with van der Waals surface area (Å²) in [4.78, 5) is 55.3. The van der Waals surface area contributed by atoms with Crippen molar-refractivity contribution in [2.24, 2.45) is 5.92 Å². The Bertz CT molecular complexity index is 2500. The first-order chi connectivity index (χ1) is 29.1. The van der Waals surface area contributed by atoms with E-state index in [1.165, 1.54) is 11.3 Å². The maximum absolute atomic E-state index is 15.0. The van der Waals surface area contributed by atoms with E-state index in [-0.39, 0.29) is 31.2 Å². The monoisotopic (exact) mass is 868 g/mol. The van der Waals surface area contributed by atoms with Crippen LogP contribution in [0, 0.1) is 19.8 Å². The summed E-state index contributed by atoms with van der Waals surface area (Å²) in [6, 6.07) is 11.9. The van der Waals surface area contributed by atoms with Gasteiger partial charge in [0.25, 0.3) is 5.91 Å². The summed E-state index contributed by atoms with van der Waals surface area (Å²) in [5.74, 6) is -0.491. The van der Waals surface area contributed by atoms with Gasteiger partial charge in [0.2, 0.25) is 21.8 Å². The number of amides is 3. The summed E-state index contributed by atoms with van der Waals surface area (Å²) in [6.45, 7) is 9.85. The lowest BCUT2D eigenvalue weighted by atomic mass is 10.0. The number of hydrogen-bond donors (Lipinski definition) is 3. The molecule has 2 aromatic heterocycles. The second kappa shape index (κ2) is 16.7. The normalized spacial score (nSPS) is 25.7. The molecule has 3 amide bonds. The SMILES string of the molecule is COc1ccc2c(O[C@@H]3C[C@H]4C(=O)N[C@]5(C(=O)NS(=O)(=O)C6(C)CC6)C[C@@H]5/C=C\CCCCC[C@H](Nc5cccc(C)c5)C(=O)N4C3)cc(-c3nc(C(C)C)cs3)nc2c1C. The number of ether oxygens (including phenoxy) is 2. The molecule has 2 aromatic carbocycles. The van der Waals surface area contributed by atoms with E-state index in [4.69, 9.17) is 19.4 Å². The van der Waals surface area contributed by atoms with Gasteiger partial charge in [-0.25, -0.2) is 18.4 Å². The van der Waals surface area contributed by atoms with Gasteiger partial charge in [-0.15, -0.1) is 11.3 Å². The molecule has 3 N–H and O–H groups in total. The van der Waals surface area contributed by atoms with Crippen molar-refractivity contribution in [2.75, 3.05) is 19.0 Å². The number of aryl methyl sites for hydroxylation is 2. The predicted molar refractivity (Wildman–Crippen MR) is 237 cm³/mol. The van der Waals surface area contributed by atoms with Crippen molar-refractivity contribution in [3.05, 3.63) is 76.8 Å². The van der Waals surface area contributed by atoms with Gasteiger partial charge < -0.3 is 25.0 Å². The maximum Gasteiger partial charge on any atom is 0.259 e. The van der Waals surface area contributed by atoms with Crippen LogP contribution in [0.1, 0.15) is 101 Å². The minimum Gasteiger partial charge on any atom is -0.496 e. The molecule has 8 rings (SSSR count). The molecule has 0 unspecified atom stereocenters. The number of fused-ring (bicyclic) bond motifs is 3. The highest BCUT2D eigenvalue weighted by molar-refractivity contribution is 7.91. The topological polar surface area (TPSA) is 169 Å². The molecule has 3 fully saturated rings. The van der Waals surface area contributed by atoms with E-state index in [2.05, 4.69) is 29.2 Å². The number of thiazole rings is 1. The van der Waals surface area contributed by atoms with Crippen LogP contribution in [0.4, 0.5) is 5.69 Å². The number of carbonyl (C=O) groups excluding carboxylic acids is 3. The number of methoxy groups -OCH3 is 1. The molecule has 5 atom stereocenters. The zero-order valence-corrected chi connectivity index (χ0v) is 37.4. The van der Waals surface area contributed by atoms with Gasteiger partial charge >= 0.3 is 0 Å². The molecule has 61 heavy (non-hydrogen) atoms. The number of nitrogens with zero attached hydrogens (tertiary/aromatic N) is 3. The number of aromatic nitrogens is 2. The van der Waals surface area contributed by atoms with E-state index in [1.54, 1.807) is 18.9 Å². The molecule has 13 nitrogen and oxygen atoms in total. The van der Waals surface area contributed by atoms with E-state index < -0.39 is 56.2 Å². The van der Waals surface area contributed by atoms with Crippen LogP contribution in [0.2, 0.25) is 0 Å². The van der Waals surface area contributed by atoms with Gasteiger partial charge in [0.15, 0.2) is 0 Å². The van der Waals surface area contributed by atoms with Crippen molar-refractivity contribution in [3.63, 3.8) is 0 Å². The smallest absolute Gasteiger partial charge is 0.259 e. The zero-order valence-electron chi connectivity index (χ0n) is 35.7. The Labute approximate surface area is 362 Å². The fraction of sp³-hybridized carbons (Fsp3) is 0.500. The molecule has 324 valence electrons. The number of anilines is 1. The third-order valence-electron chi connectivity index (χ3n) is 12.8. The number of rotatable bonds is 10. The summed E-state index contributed by atoms with van der Waals surface area (Å²) in [7, 11) is -2.36. The second-order valence-corrected chi connectivity index (χ2v) is 20.9. The third kappa shape index (κ3) is 8.60. The molecular weight excluding hydrogens is 813 g/mol. The molecule has 2 aliphatic heterocycles. The number of carbonyl (C=O) groups is 3. The Morgan fingerprint density at radius 3 is 2.57 bits per heavy atom. The molecular formula is C46H56N6O7S2. The highest BCUT2D eigenvalue weighted by Gasteiger charge is 2.63. The lowest BCUT2D eigenvalue weighted by molar-refractivity contribution is -0.140. The van der Waals surface area contributed by atoms with Crippen molar-refractivity contribution in [1.29, 1.82) is 0 Å². The summed E-state index contributed by atoms with van der Waals surface area (Å²) in [5, 5.41) is 10.0. The maximum atomic E-state index is 15.0. The molecule has 0 bridgehead atoms. The molecule has 1 saturated heterocycles. The standard InChI is InChI=1S/C46H56N6O7S2/c1-27(2)36-26-60-42(49-36)35-23-39(33-17-18-38(58-6)29(4)40(33)48-35)59-32-22-37-41(53)50-46(44(55)51-61(56,57)45(5)19-20-45)24-30(46)14-10-8-7-9-11-16-34(43(54)52(37)25-32)47-31-15-12-13-28(3)21-31/h10,12-15,17-18,21,23,26-27,30,32,34,37,47H,7-9,11,16,19-20,22,24-25H2,1-6H3,(H,50,53)(H,51,55)/b14-10-/t30-,32+,34-,37-,46+/m0/s1. The number of hydrogen-bond acceptors (Lipinski definition) is 11. The average molecular weight is 869 g/mol. The lowest BCUT2D eigenvalue weighted by Gasteiger charge is -2.30. The van der Waals surface area contributed by atoms with Gasteiger partial charge in [0, 0.05) is 40.4 Å². The van der Waals surface area contributed by atoms with Crippen LogP contribution in [-0.2, 0) is 24.4 Å². The predicted octanol–water partition coefficient (Wildman–Crippen LogP) is 7.33. The van der Waals surface area contributed by atoms with Crippen LogP contribution >= 0.6 is 11.3 Å². The molecule has 2 saturated carbocycles. The van der Waals surface area contributed by atoms with Crippen LogP contribution in [-0.4, -0.2) is 83.1 Å². The van der Waals surface area contributed by atoms with Crippen LogP contribution in [0.5, 0.6) is 11.5 Å². The van der Waals surface area contributed by atoms with Crippen molar-refractivity contribution in [1.82, 2.24) is 24.9 Å². The number of pyridine rings is 1. The zero-order chi connectivity index (χ0) is 43.3. The van der Waals surface area contributed by atoms with Crippen LogP contribution in [0.25, 0.3) is 21.6 Å².